The second-order valence-corrected chi connectivity index (χ2v) is 4.23. The monoisotopic (exact) mass is 259 g/mol. The first kappa shape index (κ1) is 10.9. The molecule has 1 fully saturated rings. The molecule has 2 aromatic rings. The zero-order chi connectivity index (χ0) is 12.7. The van der Waals surface area contributed by atoms with Gasteiger partial charge in [-0.2, -0.15) is 0 Å². The lowest BCUT2D eigenvalue weighted by atomic mass is 10.2. The fourth-order valence-corrected chi connectivity index (χ4v) is 1.95. The van der Waals surface area contributed by atoms with Crippen molar-refractivity contribution < 1.29 is 9.53 Å². The lowest BCUT2D eigenvalue weighted by Gasteiger charge is -1.99. The zero-order valence-corrected chi connectivity index (χ0v) is 10.3. The summed E-state index contributed by atoms with van der Waals surface area (Å²) in [5.41, 5.74) is 2.50. The van der Waals surface area contributed by atoms with Crippen molar-refractivity contribution in [1.29, 1.82) is 0 Å². The van der Waals surface area contributed by atoms with Gasteiger partial charge in [-0.3, -0.25) is 14.7 Å². The number of ether oxygens (including phenoxy) is 1. The number of thiocarbonyl (C=S) groups is 1. The van der Waals surface area contributed by atoms with Crippen LogP contribution in [0.1, 0.15) is 5.56 Å². The number of amides is 1. The van der Waals surface area contributed by atoms with E-state index >= 15 is 0 Å². The number of carbonyl (C=O) groups is 1. The first-order valence-corrected chi connectivity index (χ1v) is 5.71. The third kappa shape index (κ3) is 1.58. The molecule has 0 atom stereocenters. The third-order valence-electron chi connectivity index (χ3n) is 2.74. The highest BCUT2D eigenvalue weighted by molar-refractivity contribution is 7.80. The number of rotatable bonds is 1. The van der Waals surface area contributed by atoms with Crippen molar-refractivity contribution in [3.05, 3.63) is 35.8 Å². The van der Waals surface area contributed by atoms with Gasteiger partial charge < -0.3 is 9.72 Å². The van der Waals surface area contributed by atoms with E-state index in [0.717, 1.165) is 16.6 Å². The van der Waals surface area contributed by atoms with E-state index in [1.54, 1.807) is 25.5 Å². The maximum atomic E-state index is 11.8. The molecule has 0 radical (unpaired) electrons. The summed E-state index contributed by atoms with van der Waals surface area (Å²) in [7, 11) is 1.58. The van der Waals surface area contributed by atoms with Gasteiger partial charge in [-0.1, -0.05) is 0 Å². The molecular formula is C12H9N3O2S. The van der Waals surface area contributed by atoms with Gasteiger partial charge in [0.05, 0.1) is 11.0 Å². The van der Waals surface area contributed by atoms with Crippen LogP contribution in [-0.4, -0.2) is 33.0 Å². The maximum absolute atomic E-state index is 11.8. The van der Waals surface area contributed by atoms with E-state index in [1.807, 2.05) is 12.1 Å². The minimum atomic E-state index is -0.245. The average Bonchev–Trinajstić information content (AvgIpc) is 2.89. The average molecular weight is 259 g/mol. The number of hydrogen-bond acceptors (Lipinski definition) is 4. The number of aromatic amines is 1. The first-order valence-electron chi connectivity index (χ1n) is 5.30. The van der Waals surface area contributed by atoms with Crippen LogP contribution in [0.25, 0.3) is 17.1 Å². The predicted molar refractivity (Wildman–Crippen MR) is 70.5 cm³/mol. The van der Waals surface area contributed by atoms with Crippen molar-refractivity contribution in [2.75, 3.05) is 7.05 Å². The molecule has 1 saturated heterocycles. The Morgan fingerprint density at radius 3 is 3.11 bits per heavy atom. The lowest BCUT2D eigenvalue weighted by molar-refractivity contribution is -0.122. The quantitative estimate of drug-likeness (QED) is 0.625. The van der Waals surface area contributed by atoms with E-state index in [4.69, 9.17) is 17.0 Å². The summed E-state index contributed by atoms with van der Waals surface area (Å²) in [5, 5.41) is 0.166. The fourth-order valence-electron chi connectivity index (χ4n) is 1.77. The van der Waals surface area contributed by atoms with Crippen molar-refractivity contribution in [2.24, 2.45) is 0 Å². The smallest absolute Gasteiger partial charge is 0.296 e. The molecule has 2 aromatic heterocycles. The SMILES string of the molecule is CN1C(=O)/C(=C/c2c[nH]c3cccnc23)OC1=S. The highest BCUT2D eigenvalue weighted by atomic mass is 32.1. The van der Waals surface area contributed by atoms with Crippen LogP contribution in [0.15, 0.2) is 30.3 Å². The largest absolute Gasteiger partial charge is 0.426 e. The summed E-state index contributed by atoms with van der Waals surface area (Å²) in [4.78, 5) is 20.4. The Kier molecular flexibility index (Phi) is 2.38. The van der Waals surface area contributed by atoms with Crippen LogP contribution >= 0.6 is 12.2 Å². The van der Waals surface area contributed by atoms with Gasteiger partial charge >= 0.3 is 0 Å². The molecule has 18 heavy (non-hydrogen) atoms. The van der Waals surface area contributed by atoms with E-state index < -0.39 is 0 Å². The number of nitrogens with one attached hydrogen (secondary N) is 1. The lowest BCUT2D eigenvalue weighted by Crippen LogP contribution is -2.22. The molecule has 0 bridgehead atoms. The van der Waals surface area contributed by atoms with Crippen molar-refractivity contribution in [3.8, 4) is 0 Å². The second kappa shape index (κ2) is 3.92. The Balaban J connectivity index is 2.07. The van der Waals surface area contributed by atoms with Gasteiger partial charge in [0, 0.05) is 25.0 Å². The van der Waals surface area contributed by atoms with E-state index in [-0.39, 0.29) is 16.8 Å². The van der Waals surface area contributed by atoms with Crippen molar-refractivity contribution in [3.63, 3.8) is 0 Å². The standard InChI is InChI=1S/C12H9N3O2S/c1-15-11(16)9(17-12(15)18)5-7-6-14-8-3-2-4-13-10(7)8/h2-6,14H,1H3/b9-5-. The van der Waals surface area contributed by atoms with Crippen LogP contribution in [0.5, 0.6) is 0 Å². The maximum Gasteiger partial charge on any atom is 0.296 e. The van der Waals surface area contributed by atoms with Crippen LogP contribution in [-0.2, 0) is 9.53 Å². The Labute approximate surface area is 108 Å². The van der Waals surface area contributed by atoms with Gasteiger partial charge in [0.1, 0.15) is 0 Å². The van der Waals surface area contributed by atoms with Crippen LogP contribution in [0.2, 0.25) is 0 Å². The van der Waals surface area contributed by atoms with E-state index in [9.17, 15) is 4.79 Å². The molecule has 1 aliphatic heterocycles. The zero-order valence-electron chi connectivity index (χ0n) is 9.51. The van der Waals surface area contributed by atoms with Crippen LogP contribution in [0.4, 0.5) is 0 Å². The fraction of sp³-hybridized carbons (Fsp3) is 0.0833. The van der Waals surface area contributed by atoms with Crippen LogP contribution in [0, 0.1) is 0 Å². The third-order valence-corrected chi connectivity index (χ3v) is 3.09. The topological polar surface area (TPSA) is 58.2 Å². The molecule has 3 heterocycles. The van der Waals surface area contributed by atoms with Gasteiger partial charge in [-0.05, 0) is 30.4 Å². The first-order chi connectivity index (χ1) is 8.66. The van der Waals surface area contributed by atoms with E-state index in [0.29, 0.717) is 0 Å². The molecule has 0 spiro atoms. The predicted octanol–water partition coefficient (Wildman–Crippen LogP) is 1.68. The van der Waals surface area contributed by atoms with Gasteiger partial charge in [0.25, 0.3) is 11.1 Å². The van der Waals surface area contributed by atoms with Crippen molar-refractivity contribution in [1.82, 2.24) is 14.9 Å². The number of hydrogen-bond donors (Lipinski definition) is 1. The molecule has 1 N–H and O–H groups in total. The van der Waals surface area contributed by atoms with E-state index in [1.165, 1.54) is 4.90 Å². The number of nitrogens with zero attached hydrogens (tertiary/aromatic N) is 2. The van der Waals surface area contributed by atoms with E-state index in [2.05, 4.69) is 9.97 Å². The Morgan fingerprint density at radius 2 is 2.39 bits per heavy atom. The van der Waals surface area contributed by atoms with Crippen LogP contribution < -0.4 is 0 Å². The molecule has 6 heteroatoms. The molecule has 3 rings (SSSR count). The molecule has 0 aromatic carbocycles. The number of carbonyl (C=O) groups excluding carboxylic acids is 1. The van der Waals surface area contributed by atoms with Crippen LogP contribution in [0.3, 0.4) is 0 Å². The summed E-state index contributed by atoms with van der Waals surface area (Å²) >= 11 is 4.91. The second-order valence-electron chi connectivity index (χ2n) is 3.88. The molecule has 0 aliphatic carbocycles. The Hall–Kier alpha value is -2.21. The highest BCUT2D eigenvalue weighted by Gasteiger charge is 2.30. The van der Waals surface area contributed by atoms with Gasteiger partial charge in [0.2, 0.25) is 0 Å². The van der Waals surface area contributed by atoms with Crippen molar-refractivity contribution in [2.45, 2.75) is 0 Å². The molecule has 0 saturated carbocycles. The van der Waals surface area contributed by atoms with Gasteiger partial charge in [-0.25, -0.2) is 0 Å². The summed E-state index contributed by atoms with van der Waals surface area (Å²) in [6, 6.07) is 3.76. The minimum Gasteiger partial charge on any atom is -0.426 e. The summed E-state index contributed by atoms with van der Waals surface area (Å²) in [5.74, 6) is -0.0284. The summed E-state index contributed by atoms with van der Waals surface area (Å²) in [6.45, 7) is 0. The molecule has 1 amide bonds. The Morgan fingerprint density at radius 1 is 1.56 bits per heavy atom. The number of likely N-dealkylation sites (N-methyl/N-ethyl adjacent to an activating group) is 1. The molecule has 90 valence electrons. The molecule has 1 aliphatic rings. The highest BCUT2D eigenvalue weighted by Crippen LogP contribution is 2.22. The summed E-state index contributed by atoms with van der Waals surface area (Å²) < 4.78 is 5.24. The molecule has 5 nitrogen and oxygen atoms in total. The summed E-state index contributed by atoms with van der Waals surface area (Å²) in [6.07, 6.45) is 5.12. The van der Waals surface area contributed by atoms with Gasteiger partial charge in [-0.15, -0.1) is 0 Å². The number of fused-ring (bicyclic) bond motifs is 1. The number of aromatic nitrogens is 2. The molecule has 0 unspecified atom stereocenters. The van der Waals surface area contributed by atoms with Crippen molar-refractivity contribution >= 4 is 40.4 Å². The number of H-pyrrole nitrogens is 1. The normalized spacial score (nSPS) is 17.8. The van der Waals surface area contributed by atoms with Gasteiger partial charge in [0.15, 0.2) is 5.76 Å². The molecular weight excluding hydrogens is 250 g/mol. The number of pyridine rings is 1. The minimum absolute atomic E-state index is 0.166. The Bertz CT molecular complexity index is 689.